The van der Waals surface area contributed by atoms with E-state index in [0.717, 1.165) is 22.0 Å². The van der Waals surface area contributed by atoms with E-state index in [-0.39, 0.29) is 4.90 Å². The highest BCUT2D eigenvalue weighted by Gasteiger charge is 2.27. The number of amides is 1. The molecule has 8 heteroatoms. The largest absolute Gasteiger partial charge is 0.271 e. The second-order valence-electron chi connectivity index (χ2n) is 7.67. The van der Waals surface area contributed by atoms with Crippen LogP contribution in [-0.2, 0) is 21.2 Å². The van der Waals surface area contributed by atoms with Crippen molar-refractivity contribution in [2.24, 2.45) is 5.10 Å². The molecule has 0 atom stereocenters. The van der Waals surface area contributed by atoms with Crippen LogP contribution in [0.25, 0.3) is 0 Å². The number of halogens is 1. The summed E-state index contributed by atoms with van der Waals surface area (Å²) >= 11 is 5.96. The zero-order chi connectivity index (χ0) is 23.8. The van der Waals surface area contributed by atoms with E-state index < -0.39 is 22.5 Å². The van der Waals surface area contributed by atoms with Gasteiger partial charge in [0, 0.05) is 10.7 Å². The first-order chi connectivity index (χ1) is 15.8. The van der Waals surface area contributed by atoms with Gasteiger partial charge in [0.15, 0.2) is 0 Å². The summed E-state index contributed by atoms with van der Waals surface area (Å²) in [7, 11) is -3.98. The standard InChI is InChI=1S/C25H26ClN3O3S/c1-19-8-16-24(17-9-19)33(31,32)29(23-14-12-22(26)13-15-23)18-25(30)28-27-20(2)10-11-21-6-4-3-5-7-21/h3-9,12-17H,10-11,18H2,1-2H3,(H,28,30)/b27-20-. The van der Waals surface area contributed by atoms with Gasteiger partial charge in [-0.3, -0.25) is 9.10 Å². The minimum Gasteiger partial charge on any atom is -0.271 e. The summed E-state index contributed by atoms with van der Waals surface area (Å²) in [6, 6.07) is 22.8. The van der Waals surface area contributed by atoms with Gasteiger partial charge in [0.05, 0.1) is 10.6 Å². The maximum atomic E-state index is 13.3. The summed E-state index contributed by atoms with van der Waals surface area (Å²) in [6.45, 7) is 3.27. The van der Waals surface area contributed by atoms with E-state index in [1.165, 1.54) is 17.7 Å². The number of carbonyl (C=O) groups excluding carboxylic acids is 1. The molecule has 0 unspecified atom stereocenters. The Morgan fingerprint density at radius 3 is 2.24 bits per heavy atom. The number of rotatable bonds is 9. The van der Waals surface area contributed by atoms with Crippen molar-refractivity contribution in [3.8, 4) is 0 Å². The van der Waals surface area contributed by atoms with Crippen LogP contribution in [0.3, 0.4) is 0 Å². The fourth-order valence-electron chi connectivity index (χ4n) is 3.11. The van der Waals surface area contributed by atoms with Gasteiger partial charge < -0.3 is 0 Å². The van der Waals surface area contributed by atoms with Crippen molar-refractivity contribution in [2.75, 3.05) is 10.8 Å². The normalized spacial score (nSPS) is 11.8. The quantitative estimate of drug-likeness (QED) is 0.345. The van der Waals surface area contributed by atoms with Gasteiger partial charge in [-0.15, -0.1) is 0 Å². The molecule has 0 fully saturated rings. The highest BCUT2D eigenvalue weighted by molar-refractivity contribution is 7.92. The number of hydrogen-bond donors (Lipinski definition) is 1. The lowest BCUT2D eigenvalue weighted by Gasteiger charge is -2.24. The Labute approximate surface area is 200 Å². The van der Waals surface area contributed by atoms with Crippen LogP contribution in [0.4, 0.5) is 5.69 Å². The van der Waals surface area contributed by atoms with Crippen LogP contribution < -0.4 is 9.73 Å². The summed E-state index contributed by atoms with van der Waals surface area (Å²) in [5.74, 6) is -0.542. The minimum absolute atomic E-state index is 0.0957. The Morgan fingerprint density at radius 1 is 0.970 bits per heavy atom. The SMILES string of the molecule is C/C(CCc1ccccc1)=N/NC(=O)CN(c1ccc(Cl)cc1)S(=O)(=O)c1ccc(C)cc1. The first kappa shape index (κ1) is 24.5. The molecule has 0 aliphatic rings. The average molecular weight is 484 g/mol. The summed E-state index contributed by atoms with van der Waals surface area (Å²) in [5, 5.41) is 4.61. The Hall–Kier alpha value is -3.16. The van der Waals surface area contributed by atoms with Crippen molar-refractivity contribution in [1.29, 1.82) is 0 Å². The first-order valence-electron chi connectivity index (χ1n) is 10.5. The van der Waals surface area contributed by atoms with Gasteiger partial charge in [-0.25, -0.2) is 13.8 Å². The van der Waals surface area contributed by atoms with Crippen molar-refractivity contribution in [2.45, 2.75) is 31.6 Å². The molecule has 0 aliphatic heterocycles. The molecule has 3 aromatic rings. The topological polar surface area (TPSA) is 78.8 Å². The summed E-state index contributed by atoms with van der Waals surface area (Å²) in [6.07, 6.45) is 1.47. The number of benzene rings is 3. The number of nitrogens with one attached hydrogen (secondary N) is 1. The highest BCUT2D eigenvalue weighted by Crippen LogP contribution is 2.25. The van der Waals surface area contributed by atoms with Crippen molar-refractivity contribution >= 4 is 38.9 Å². The second-order valence-corrected chi connectivity index (χ2v) is 9.97. The van der Waals surface area contributed by atoms with E-state index in [1.807, 2.05) is 44.2 Å². The monoisotopic (exact) mass is 483 g/mol. The van der Waals surface area contributed by atoms with Crippen molar-refractivity contribution in [3.63, 3.8) is 0 Å². The number of hydrogen-bond acceptors (Lipinski definition) is 4. The van der Waals surface area contributed by atoms with Crippen LogP contribution in [0, 0.1) is 6.92 Å². The third kappa shape index (κ3) is 6.91. The van der Waals surface area contributed by atoms with Crippen LogP contribution in [-0.4, -0.2) is 26.6 Å². The lowest BCUT2D eigenvalue weighted by atomic mass is 10.1. The second kappa shape index (κ2) is 11.1. The maximum absolute atomic E-state index is 13.3. The molecule has 0 spiro atoms. The molecule has 0 radical (unpaired) electrons. The smallest absolute Gasteiger partial charge is 0.264 e. The van der Waals surface area contributed by atoms with E-state index in [9.17, 15) is 13.2 Å². The summed E-state index contributed by atoms with van der Waals surface area (Å²) in [4.78, 5) is 12.7. The Balaban J connectivity index is 1.75. The molecule has 0 heterocycles. The van der Waals surface area contributed by atoms with Crippen molar-refractivity contribution < 1.29 is 13.2 Å². The Morgan fingerprint density at radius 2 is 1.61 bits per heavy atom. The van der Waals surface area contributed by atoms with E-state index in [4.69, 9.17) is 11.6 Å². The molecule has 0 saturated carbocycles. The van der Waals surface area contributed by atoms with Crippen LogP contribution in [0.5, 0.6) is 0 Å². The molecule has 33 heavy (non-hydrogen) atoms. The van der Waals surface area contributed by atoms with Gasteiger partial charge in [0.25, 0.3) is 15.9 Å². The van der Waals surface area contributed by atoms with Crippen LogP contribution in [0.15, 0.2) is 88.9 Å². The van der Waals surface area contributed by atoms with Crippen molar-refractivity contribution in [1.82, 2.24) is 5.43 Å². The van der Waals surface area contributed by atoms with E-state index in [0.29, 0.717) is 17.1 Å². The number of anilines is 1. The molecule has 3 rings (SSSR count). The zero-order valence-electron chi connectivity index (χ0n) is 18.5. The highest BCUT2D eigenvalue weighted by atomic mass is 35.5. The van der Waals surface area contributed by atoms with E-state index in [1.54, 1.807) is 36.4 Å². The minimum atomic E-state index is -3.98. The predicted octanol–water partition coefficient (Wildman–Crippen LogP) is 4.97. The molecular weight excluding hydrogens is 458 g/mol. The third-order valence-corrected chi connectivity index (χ3v) is 7.04. The maximum Gasteiger partial charge on any atom is 0.264 e. The lowest BCUT2D eigenvalue weighted by molar-refractivity contribution is -0.119. The molecule has 0 aliphatic carbocycles. The molecule has 6 nitrogen and oxygen atoms in total. The molecule has 0 bridgehead atoms. The van der Waals surface area contributed by atoms with Gasteiger partial charge in [0.2, 0.25) is 0 Å². The molecule has 172 valence electrons. The van der Waals surface area contributed by atoms with Gasteiger partial charge in [0.1, 0.15) is 6.54 Å². The Bertz CT molecular complexity index is 1210. The summed E-state index contributed by atoms with van der Waals surface area (Å²) in [5.41, 5.74) is 5.67. The van der Waals surface area contributed by atoms with Crippen LogP contribution in [0.2, 0.25) is 5.02 Å². The number of aryl methyl sites for hydroxylation is 2. The van der Waals surface area contributed by atoms with Crippen LogP contribution in [0.1, 0.15) is 24.5 Å². The van der Waals surface area contributed by atoms with Crippen LogP contribution >= 0.6 is 11.6 Å². The van der Waals surface area contributed by atoms with E-state index >= 15 is 0 Å². The first-order valence-corrected chi connectivity index (χ1v) is 12.3. The molecule has 0 saturated heterocycles. The van der Waals surface area contributed by atoms with Gasteiger partial charge in [-0.05, 0) is 68.7 Å². The lowest BCUT2D eigenvalue weighted by Crippen LogP contribution is -2.39. The molecule has 1 amide bonds. The molecule has 1 N–H and O–H groups in total. The van der Waals surface area contributed by atoms with Gasteiger partial charge >= 0.3 is 0 Å². The number of nitrogens with zero attached hydrogens (tertiary/aromatic N) is 2. The fraction of sp³-hybridized carbons (Fsp3) is 0.200. The fourth-order valence-corrected chi connectivity index (χ4v) is 4.66. The Kier molecular flexibility index (Phi) is 8.25. The predicted molar refractivity (Wildman–Crippen MR) is 133 cm³/mol. The number of hydrazone groups is 1. The molecular formula is C25H26ClN3O3S. The number of sulfonamides is 1. The number of carbonyl (C=O) groups is 1. The van der Waals surface area contributed by atoms with Gasteiger partial charge in [-0.2, -0.15) is 5.10 Å². The average Bonchev–Trinajstić information content (AvgIpc) is 2.81. The van der Waals surface area contributed by atoms with Gasteiger partial charge in [-0.1, -0.05) is 59.6 Å². The molecule has 3 aromatic carbocycles. The molecule has 0 aromatic heterocycles. The third-order valence-electron chi connectivity index (χ3n) is 5.00. The summed E-state index contributed by atoms with van der Waals surface area (Å²) < 4.78 is 27.7. The van der Waals surface area contributed by atoms with Crippen molar-refractivity contribution in [3.05, 3.63) is 95.0 Å². The zero-order valence-corrected chi connectivity index (χ0v) is 20.1. The van der Waals surface area contributed by atoms with E-state index in [2.05, 4.69) is 10.5 Å².